The van der Waals surface area contributed by atoms with Gasteiger partial charge in [0, 0.05) is 43.6 Å². The number of amides is 1. The van der Waals surface area contributed by atoms with E-state index in [9.17, 15) is 27.2 Å². The molecule has 10 heteroatoms. The van der Waals surface area contributed by atoms with Crippen LogP contribution in [0.3, 0.4) is 0 Å². The Morgan fingerprint density at radius 2 is 2.03 bits per heavy atom. The number of hydrogen-bond donors (Lipinski definition) is 2. The first-order valence-electron chi connectivity index (χ1n) is 10.4. The van der Waals surface area contributed by atoms with Gasteiger partial charge in [0.1, 0.15) is 0 Å². The van der Waals surface area contributed by atoms with Crippen LogP contribution in [0.1, 0.15) is 52.4 Å². The van der Waals surface area contributed by atoms with Crippen LogP contribution < -0.4 is 10.9 Å². The minimum atomic E-state index is -2.83. The summed E-state index contributed by atoms with van der Waals surface area (Å²) in [7, 11) is 0. The molecular formula is C22H20F4N4O2. The second-order valence-corrected chi connectivity index (χ2v) is 8.49. The van der Waals surface area contributed by atoms with Crippen LogP contribution in [0.4, 0.5) is 17.6 Å². The number of fused-ring (bicyclic) bond motifs is 2. The molecule has 3 aromatic rings. The summed E-state index contributed by atoms with van der Waals surface area (Å²) in [5.41, 5.74) is 1.30. The third-order valence-electron chi connectivity index (χ3n) is 6.38. The van der Waals surface area contributed by atoms with Crippen LogP contribution in [-0.2, 0) is 18.8 Å². The zero-order valence-corrected chi connectivity index (χ0v) is 16.9. The molecule has 2 aliphatic carbocycles. The number of aromatic amines is 1. The number of benzene rings is 1. The first-order valence-corrected chi connectivity index (χ1v) is 10.4. The average Bonchev–Trinajstić information content (AvgIpc) is 3.32. The van der Waals surface area contributed by atoms with Crippen LogP contribution in [-0.4, -0.2) is 33.1 Å². The van der Waals surface area contributed by atoms with Crippen molar-refractivity contribution in [2.75, 3.05) is 6.54 Å². The molecule has 0 aliphatic heterocycles. The Labute approximate surface area is 179 Å². The van der Waals surface area contributed by atoms with E-state index in [2.05, 4.69) is 15.5 Å². The zero-order chi connectivity index (χ0) is 22.7. The summed E-state index contributed by atoms with van der Waals surface area (Å²) in [5, 5.41) is 9.34. The summed E-state index contributed by atoms with van der Waals surface area (Å²) in [6.45, 7) is 0.192. The van der Waals surface area contributed by atoms with Gasteiger partial charge in [-0.05, 0) is 24.0 Å². The van der Waals surface area contributed by atoms with Crippen molar-refractivity contribution in [3.63, 3.8) is 0 Å². The first kappa shape index (κ1) is 20.7. The predicted octanol–water partition coefficient (Wildman–Crippen LogP) is 3.71. The van der Waals surface area contributed by atoms with E-state index < -0.39 is 42.2 Å². The summed E-state index contributed by atoms with van der Waals surface area (Å²) < 4.78 is 55.8. The van der Waals surface area contributed by atoms with Crippen LogP contribution in [0.2, 0.25) is 0 Å². The van der Waals surface area contributed by atoms with E-state index in [1.54, 1.807) is 12.1 Å². The Bertz CT molecular complexity index is 1270. The highest BCUT2D eigenvalue weighted by Gasteiger charge is 2.47. The summed E-state index contributed by atoms with van der Waals surface area (Å²) in [4.78, 5) is 25.5. The Morgan fingerprint density at radius 1 is 1.25 bits per heavy atom. The van der Waals surface area contributed by atoms with Gasteiger partial charge in [0.2, 0.25) is 0 Å². The molecule has 1 fully saturated rings. The monoisotopic (exact) mass is 448 g/mol. The fraction of sp³-hybridized carbons (Fsp3) is 0.409. The van der Waals surface area contributed by atoms with Gasteiger partial charge in [-0.1, -0.05) is 18.2 Å². The number of alkyl halides is 4. The predicted molar refractivity (Wildman–Crippen MR) is 108 cm³/mol. The van der Waals surface area contributed by atoms with Gasteiger partial charge in [0.15, 0.2) is 0 Å². The normalized spacial score (nSPS) is 19.0. The molecule has 0 radical (unpaired) electrons. The Kier molecular flexibility index (Phi) is 4.65. The molecule has 0 atom stereocenters. The number of nitrogens with one attached hydrogen (secondary N) is 2. The van der Waals surface area contributed by atoms with Gasteiger partial charge in [0.25, 0.3) is 23.3 Å². The minimum Gasteiger partial charge on any atom is -0.352 e. The number of aromatic nitrogens is 3. The molecule has 1 saturated carbocycles. The van der Waals surface area contributed by atoms with Gasteiger partial charge < -0.3 is 9.88 Å². The van der Waals surface area contributed by atoms with Crippen LogP contribution >= 0.6 is 0 Å². The number of pyridine rings is 1. The Balaban J connectivity index is 1.35. The lowest BCUT2D eigenvalue weighted by Gasteiger charge is -2.36. The van der Waals surface area contributed by atoms with E-state index >= 15 is 0 Å². The highest BCUT2D eigenvalue weighted by molar-refractivity contribution is 6.04. The maximum Gasteiger partial charge on any atom is 0.273 e. The van der Waals surface area contributed by atoms with Crippen molar-refractivity contribution < 1.29 is 22.4 Å². The Hall–Kier alpha value is -3.17. The van der Waals surface area contributed by atoms with Gasteiger partial charge in [-0.15, -0.1) is 0 Å². The van der Waals surface area contributed by atoms with Gasteiger partial charge >= 0.3 is 0 Å². The van der Waals surface area contributed by atoms with Crippen molar-refractivity contribution in [3.8, 4) is 0 Å². The number of carbonyl (C=O) groups excluding carboxylic acids is 1. The highest BCUT2D eigenvalue weighted by Crippen LogP contribution is 2.45. The van der Waals surface area contributed by atoms with Crippen LogP contribution in [0.5, 0.6) is 0 Å². The standard InChI is InChI=1S/C22H20F4N4O2/c23-21(24)8-13(9-21)30-11-16(18-15(20(30)32)10-28-29-18)19(31)27-7-5-12-2-1-3-17-14(12)4-6-22(17,25)26/h1-3,10-11,13H,4-9H2,(H,27,31)(H,28,29). The van der Waals surface area contributed by atoms with E-state index in [0.717, 1.165) is 5.56 Å². The molecule has 5 rings (SSSR count). The lowest BCUT2D eigenvalue weighted by molar-refractivity contribution is -0.104. The zero-order valence-electron chi connectivity index (χ0n) is 16.9. The number of nitrogens with zero attached hydrogens (tertiary/aromatic N) is 2. The molecule has 168 valence electrons. The van der Waals surface area contributed by atoms with Crippen molar-refractivity contribution in [2.24, 2.45) is 0 Å². The number of hydrogen-bond acceptors (Lipinski definition) is 3. The van der Waals surface area contributed by atoms with Crippen molar-refractivity contribution in [3.05, 3.63) is 63.2 Å². The van der Waals surface area contributed by atoms with E-state index in [-0.39, 0.29) is 41.4 Å². The SMILES string of the molecule is O=C(NCCc1cccc2c1CCC2(F)F)c1cn(C2CC(F)(F)C2)c(=O)c2cn[nH]c12. The van der Waals surface area contributed by atoms with Crippen LogP contribution in [0.15, 0.2) is 35.4 Å². The maximum absolute atomic E-state index is 14.0. The molecule has 32 heavy (non-hydrogen) atoms. The summed E-state index contributed by atoms with van der Waals surface area (Å²) in [5.74, 6) is -6.14. The molecule has 0 unspecified atom stereocenters. The Morgan fingerprint density at radius 3 is 2.78 bits per heavy atom. The van der Waals surface area contributed by atoms with E-state index in [1.165, 1.54) is 23.0 Å². The number of carbonyl (C=O) groups is 1. The molecule has 0 bridgehead atoms. The van der Waals surface area contributed by atoms with Gasteiger partial charge in [-0.2, -0.15) is 5.10 Å². The third-order valence-corrected chi connectivity index (χ3v) is 6.38. The number of halogens is 4. The maximum atomic E-state index is 14.0. The second kappa shape index (κ2) is 7.18. The molecule has 2 aliphatic rings. The number of rotatable bonds is 5. The lowest BCUT2D eigenvalue weighted by atomic mass is 9.87. The molecule has 2 heterocycles. The van der Waals surface area contributed by atoms with Crippen molar-refractivity contribution in [1.82, 2.24) is 20.1 Å². The largest absolute Gasteiger partial charge is 0.352 e. The quantitative estimate of drug-likeness (QED) is 0.584. The third kappa shape index (κ3) is 3.37. The smallest absolute Gasteiger partial charge is 0.273 e. The molecule has 1 aromatic carbocycles. The molecule has 2 aromatic heterocycles. The average molecular weight is 448 g/mol. The summed E-state index contributed by atoms with van der Waals surface area (Å²) in [6.07, 6.45) is 2.09. The molecule has 6 nitrogen and oxygen atoms in total. The summed E-state index contributed by atoms with van der Waals surface area (Å²) >= 11 is 0. The fourth-order valence-corrected chi connectivity index (χ4v) is 4.65. The highest BCUT2D eigenvalue weighted by atomic mass is 19.3. The lowest BCUT2D eigenvalue weighted by Crippen LogP contribution is -2.41. The molecule has 0 saturated heterocycles. The van der Waals surface area contributed by atoms with E-state index in [4.69, 9.17) is 0 Å². The van der Waals surface area contributed by atoms with Crippen LogP contribution in [0.25, 0.3) is 10.9 Å². The van der Waals surface area contributed by atoms with Gasteiger partial charge in [-0.25, -0.2) is 17.6 Å². The van der Waals surface area contributed by atoms with Crippen molar-refractivity contribution >= 4 is 16.8 Å². The first-order chi connectivity index (χ1) is 15.2. The van der Waals surface area contributed by atoms with Crippen LogP contribution in [0, 0.1) is 0 Å². The van der Waals surface area contributed by atoms with Crippen molar-refractivity contribution in [1.29, 1.82) is 0 Å². The minimum absolute atomic E-state index is 0.0462. The topological polar surface area (TPSA) is 79.8 Å². The van der Waals surface area contributed by atoms with E-state index in [0.29, 0.717) is 12.0 Å². The summed E-state index contributed by atoms with van der Waals surface area (Å²) in [6, 6.07) is 4.12. The van der Waals surface area contributed by atoms with E-state index in [1.807, 2.05) is 0 Å². The van der Waals surface area contributed by atoms with Gasteiger partial charge in [-0.3, -0.25) is 14.7 Å². The van der Waals surface area contributed by atoms with Gasteiger partial charge in [0.05, 0.1) is 22.7 Å². The molecule has 1 amide bonds. The molecule has 2 N–H and O–H groups in total. The fourth-order valence-electron chi connectivity index (χ4n) is 4.65. The van der Waals surface area contributed by atoms with Crippen molar-refractivity contribution in [2.45, 2.75) is 50.0 Å². The second-order valence-electron chi connectivity index (χ2n) is 8.49. The molecular weight excluding hydrogens is 428 g/mol. The molecule has 0 spiro atoms. The number of H-pyrrole nitrogens is 1.